The molecule has 4 rings (SSSR count). The van der Waals surface area contributed by atoms with Gasteiger partial charge in [-0.2, -0.15) is 0 Å². The fraction of sp³-hybridized carbons (Fsp3) is 0.281. The molecule has 8 heteroatoms. The number of thioether (sulfide) groups is 1. The van der Waals surface area contributed by atoms with Crippen LogP contribution in [-0.4, -0.2) is 60.7 Å². The Labute approximate surface area is 240 Å². The summed E-state index contributed by atoms with van der Waals surface area (Å²) in [5.74, 6) is -0.190. The minimum atomic E-state index is -0.545. The molecule has 3 aromatic rings. The highest BCUT2D eigenvalue weighted by atomic mass is 32.2. The second kappa shape index (κ2) is 13.8. The minimum absolute atomic E-state index is 0.00119. The molecule has 1 saturated heterocycles. The SMILES string of the molecule is C=CCOC(=O)N1C[C@@H](SC(c2ccccc2)(c2ccccc2)c2ccccc2)C[C@H]1/C(CNC(C)=O)=N/OC. The molecule has 0 radical (unpaired) electrons. The van der Waals surface area contributed by atoms with Crippen LogP contribution in [0, 0.1) is 0 Å². The van der Waals surface area contributed by atoms with Crippen molar-refractivity contribution in [2.24, 2.45) is 5.16 Å². The lowest BCUT2D eigenvalue weighted by Gasteiger charge is -2.37. The van der Waals surface area contributed by atoms with Crippen molar-refractivity contribution >= 4 is 29.5 Å². The van der Waals surface area contributed by atoms with E-state index in [0.717, 1.165) is 16.7 Å². The van der Waals surface area contributed by atoms with Crippen LogP contribution >= 0.6 is 11.8 Å². The maximum atomic E-state index is 13.2. The third-order valence-electron chi connectivity index (χ3n) is 6.82. The van der Waals surface area contributed by atoms with E-state index >= 15 is 0 Å². The molecule has 0 spiro atoms. The number of rotatable bonds is 11. The number of oxime groups is 1. The third kappa shape index (κ3) is 6.57. The Morgan fingerprint density at radius 3 is 1.98 bits per heavy atom. The summed E-state index contributed by atoms with van der Waals surface area (Å²) in [6, 6.07) is 30.9. The summed E-state index contributed by atoms with van der Waals surface area (Å²) >= 11 is 1.81. The summed E-state index contributed by atoms with van der Waals surface area (Å²) in [6.07, 6.45) is 1.69. The third-order valence-corrected chi connectivity index (χ3v) is 8.55. The molecule has 2 atom stereocenters. The zero-order chi connectivity index (χ0) is 28.4. The van der Waals surface area contributed by atoms with Crippen molar-refractivity contribution in [3.63, 3.8) is 0 Å². The summed E-state index contributed by atoms with van der Waals surface area (Å²) in [5, 5.41) is 7.02. The molecule has 1 aliphatic heterocycles. The number of hydrogen-bond acceptors (Lipinski definition) is 6. The van der Waals surface area contributed by atoms with Gasteiger partial charge in [0, 0.05) is 18.7 Å². The highest BCUT2D eigenvalue weighted by Crippen LogP contribution is 2.52. The van der Waals surface area contributed by atoms with Gasteiger partial charge in [-0.1, -0.05) is 109 Å². The lowest BCUT2D eigenvalue weighted by molar-refractivity contribution is -0.118. The number of amides is 2. The van der Waals surface area contributed by atoms with E-state index in [4.69, 9.17) is 9.57 Å². The standard InChI is InChI=1S/C32H35N3O4S/c1-4-20-39-31(37)35-23-28(21-30(35)29(34-38-3)22-33-24(2)36)40-32(25-14-8-5-9-15-25,26-16-10-6-11-17-26)27-18-12-7-13-19-27/h4-19,28,30H,1,20-23H2,2-3H3,(H,33,36)/b34-29+/t28-,30-/m0/s1. The number of benzene rings is 3. The van der Waals surface area contributed by atoms with Gasteiger partial charge in [0.15, 0.2) is 0 Å². The summed E-state index contributed by atoms with van der Waals surface area (Å²) in [5.41, 5.74) is 3.99. The molecule has 0 aromatic heterocycles. The number of carbonyl (C=O) groups is 2. The van der Waals surface area contributed by atoms with Crippen molar-refractivity contribution in [3.8, 4) is 0 Å². The summed E-state index contributed by atoms with van der Waals surface area (Å²) in [6.45, 7) is 5.81. The van der Waals surface area contributed by atoms with E-state index in [1.807, 2.05) is 30.0 Å². The quantitative estimate of drug-likeness (QED) is 0.143. The van der Waals surface area contributed by atoms with Crippen LogP contribution in [0.15, 0.2) is 109 Å². The van der Waals surface area contributed by atoms with Gasteiger partial charge >= 0.3 is 6.09 Å². The van der Waals surface area contributed by atoms with Gasteiger partial charge < -0.3 is 14.9 Å². The maximum Gasteiger partial charge on any atom is 0.410 e. The highest BCUT2D eigenvalue weighted by Gasteiger charge is 2.46. The predicted molar refractivity (Wildman–Crippen MR) is 160 cm³/mol. The molecule has 2 amide bonds. The molecular formula is C32H35N3O4S. The molecule has 0 unspecified atom stereocenters. The smallest absolute Gasteiger partial charge is 0.410 e. The van der Waals surface area contributed by atoms with Crippen LogP contribution in [0.2, 0.25) is 0 Å². The van der Waals surface area contributed by atoms with E-state index in [1.165, 1.54) is 14.0 Å². The number of likely N-dealkylation sites (tertiary alicyclic amines) is 1. The number of hydrogen-bond donors (Lipinski definition) is 1. The van der Waals surface area contributed by atoms with Crippen molar-refractivity contribution in [1.29, 1.82) is 0 Å². The van der Waals surface area contributed by atoms with Crippen molar-refractivity contribution in [1.82, 2.24) is 10.2 Å². The Hall–Kier alpha value is -4.04. The van der Waals surface area contributed by atoms with E-state index in [2.05, 4.69) is 89.8 Å². The molecular weight excluding hydrogens is 522 g/mol. The van der Waals surface area contributed by atoms with Gasteiger partial charge in [0.1, 0.15) is 13.7 Å². The Morgan fingerprint density at radius 1 is 1.00 bits per heavy atom. The highest BCUT2D eigenvalue weighted by molar-refractivity contribution is 8.01. The average molecular weight is 558 g/mol. The fourth-order valence-corrected chi connectivity index (χ4v) is 6.96. The van der Waals surface area contributed by atoms with Gasteiger partial charge in [-0.15, -0.1) is 11.8 Å². The predicted octanol–water partition coefficient (Wildman–Crippen LogP) is 5.62. The van der Waals surface area contributed by atoms with Gasteiger partial charge in [0.25, 0.3) is 0 Å². The van der Waals surface area contributed by atoms with E-state index in [1.54, 1.807) is 11.0 Å². The molecule has 1 heterocycles. The first-order valence-electron chi connectivity index (χ1n) is 13.2. The van der Waals surface area contributed by atoms with Gasteiger partial charge in [-0.3, -0.25) is 9.69 Å². The van der Waals surface area contributed by atoms with Crippen molar-refractivity contribution in [3.05, 3.63) is 120 Å². The van der Waals surface area contributed by atoms with Crippen LogP contribution in [0.4, 0.5) is 4.79 Å². The monoisotopic (exact) mass is 557 g/mol. The van der Waals surface area contributed by atoms with Crippen molar-refractivity contribution in [2.45, 2.75) is 29.4 Å². The fourth-order valence-electron chi connectivity index (χ4n) is 5.13. The number of nitrogens with one attached hydrogen (secondary N) is 1. The van der Waals surface area contributed by atoms with E-state index in [0.29, 0.717) is 18.7 Å². The second-order valence-corrected chi connectivity index (χ2v) is 11.0. The Bertz CT molecular complexity index is 1200. The zero-order valence-corrected chi connectivity index (χ0v) is 23.7. The molecule has 1 aliphatic rings. The number of nitrogens with zero attached hydrogens (tertiary/aromatic N) is 2. The first-order valence-corrected chi connectivity index (χ1v) is 14.1. The lowest BCUT2D eigenvalue weighted by Crippen LogP contribution is -2.45. The second-order valence-electron chi connectivity index (χ2n) is 9.46. The summed E-state index contributed by atoms with van der Waals surface area (Å²) in [4.78, 5) is 31.8. The molecule has 7 nitrogen and oxygen atoms in total. The molecule has 208 valence electrons. The Morgan fingerprint density at radius 2 is 1.52 bits per heavy atom. The molecule has 0 saturated carbocycles. The topological polar surface area (TPSA) is 80.2 Å². The zero-order valence-electron chi connectivity index (χ0n) is 22.9. The normalized spacial score (nSPS) is 17.2. The largest absolute Gasteiger partial charge is 0.445 e. The molecule has 40 heavy (non-hydrogen) atoms. The van der Waals surface area contributed by atoms with E-state index < -0.39 is 16.9 Å². The Balaban J connectivity index is 1.79. The van der Waals surface area contributed by atoms with Gasteiger partial charge in [0.05, 0.1) is 23.0 Å². The lowest BCUT2D eigenvalue weighted by atomic mass is 9.84. The Kier molecular flexibility index (Phi) is 10.0. The maximum absolute atomic E-state index is 13.2. The molecule has 3 aromatic carbocycles. The minimum Gasteiger partial charge on any atom is -0.445 e. The van der Waals surface area contributed by atoms with Crippen LogP contribution in [0.3, 0.4) is 0 Å². The summed E-state index contributed by atoms with van der Waals surface area (Å²) < 4.78 is 4.92. The van der Waals surface area contributed by atoms with Gasteiger partial charge in [-0.25, -0.2) is 4.79 Å². The van der Waals surface area contributed by atoms with Crippen LogP contribution in [0.25, 0.3) is 0 Å². The van der Waals surface area contributed by atoms with E-state index in [-0.39, 0.29) is 24.3 Å². The van der Waals surface area contributed by atoms with Crippen molar-refractivity contribution < 1.29 is 19.2 Å². The molecule has 1 fully saturated rings. The van der Waals surface area contributed by atoms with Crippen LogP contribution in [0.1, 0.15) is 30.0 Å². The van der Waals surface area contributed by atoms with Gasteiger partial charge in [-0.05, 0) is 23.1 Å². The summed E-state index contributed by atoms with van der Waals surface area (Å²) in [7, 11) is 1.46. The first kappa shape index (κ1) is 29.0. The molecule has 0 bridgehead atoms. The van der Waals surface area contributed by atoms with Crippen molar-refractivity contribution in [2.75, 3.05) is 26.8 Å². The van der Waals surface area contributed by atoms with Gasteiger partial charge in [0.2, 0.25) is 5.91 Å². The van der Waals surface area contributed by atoms with E-state index in [9.17, 15) is 9.59 Å². The number of ether oxygens (including phenoxy) is 1. The average Bonchev–Trinajstić information content (AvgIpc) is 3.41. The molecule has 1 N–H and O–H groups in total. The van der Waals surface area contributed by atoms with Crippen LogP contribution < -0.4 is 5.32 Å². The van der Waals surface area contributed by atoms with Crippen LogP contribution in [-0.2, 0) is 19.1 Å². The number of carbonyl (C=O) groups excluding carboxylic acids is 2. The van der Waals surface area contributed by atoms with Crippen LogP contribution in [0.5, 0.6) is 0 Å². The first-order chi connectivity index (χ1) is 19.5. The molecule has 0 aliphatic carbocycles.